The summed E-state index contributed by atoms with van der Waals surface area (Å²) in [6, 6.07) is 5.33. The van der Waals surface area contributed by atoms with Gasteiger partial charge in [0.25, 0.3) is 5.91 Å². The van der Waals surface area contributed by atoms with Gasteiger partial charge in [-0.25, -0.2) is 0 Å². The first-order valence-corrected chi connectivity index (χ1v) is 11.2. The Morgan fingerprint density at radius 3 is 2.49 bits per heavy atom. The number of carbonyl (C=O) groups excluding carboxylic acids is 2. The Labute approximate surface area is 200 Å². The van der Waals surface area contributed by atoms with Crippen LogP contribution in [0, 0.1) is 29.6 Å². The topological polar surface area (TPSA) is 93.7 Å². The van der Waals surface area contributed by atoms with Crippen molar-refractivity contribution >= 4 is 17.5 Å². The van der Waals surface area contributed by atoms with Crippen molar-refractivity contribution in [1.82, 2.24) is 15.0 Å². The largest absolute Gasteiger partial charge is 0.417 e. The van der Waals surface area contributed by atoms with Gasteiger partial charge < -0.3 is 19.2 Å². The number of amides is 2. The molecule has 2 aliphatic heterocycles. The molecule has 4 rings (SSSR count). The van der Waals surface area contributed by atoms with Crippen molar-refractivity contribution in [2.45, 2.75) is 25.9 Å². The van der Waals surface area contributed by atoms with Crippen molar-refractivity contribution in [3.8, 4) is 6.07 Å². The minimum atomic E-state index is -4.63. The fraction of sp³-hybridized carbons (Fsp3) is 0.500. The molecule has 2 fully saturated rings. The number of aryl methyl sites for hydroxylation is 1. The molecule has 1 unspecified atom stereocenters. The molecule has 186 valence electrons. The molecule has 8 nitrogen and oxygen atoms in total. The van der Waals surface area contributed by atoms with E-state index in [4.69, 9.17) is 9.78 Å². The summed E-state index contributed by atoms with van der Waals surface area (Å²) >= 11 is 0. The Balaban J connectivity index is 1.58. The summed E-state index contributed by atoms with van der Waals surface area (Å²) in [6.07, 6.45) is -2.19. The zero-order valence-electron chi connectivity index (χ0n) is 19.7. The third kappa shape index (κ3) is 4.45. The molecule has 3 heterocycles. The smallest absolute Gasteiger partial charge is 0.371 e. The maximum atomic E-state index is 13.4. The first-order valence-electron chi connectivity index (χ1n) is 11.2. The molecule has 1 atom stereocenters. The summed E-state index contributed by atoms with van der Waals surface area (Å²) < 4.78 is 45.4. The Bertz CT molecular complexity index is 1180. The van der Waals surface area contributed by atoms with Crippen molar-refractivity contribution in [1.29, 1.82) is 5.26 Å². The van der Waals surface area contributed by atoms with E-state index in [0.717, 1.165) is 6.07 Å². The van der Waals surface area contributed by atoms with Crippen molar-refractivity contribution in [3.05, 3.63) is 46.8 Å². The maximum absolute atomic E-state index is 13.4. The van der Waals surface area contributed by atoms with Crippen molar-refractivity contribution in [2.75, 3.05) is 45.2 Å². The van der Waals surface area contributed by atoms with Gasteiger partial charge in [-0.1, -0.05) is 5.16 Å². The lowest BCUT2D eigenvalue weighted by atomic mass is 9.70. The molecule has 0 aliphatic carbocycles. The van der Waals surface area contributed by atoms with Gasteiger partial charge in [0.2, 0.25) is 5.91 Å². The number of benzene rings is 1. The lowest BCUT2D eigenvalue weighted by Crippen LogP contribution is -2.48. The van der Waals surface area contributed by atoms with Crippen LogP contribution < -0.4 is 4.90 Å². The molecule has 2 aromatic rings. The van der Waals surface area contributed by atoms with Gasteiger partial charge in [-0.2, -0.15) is 18.4 Å². The van der Waals surface area contributed by atoms with Gasteiger partial charge in [-0.15, -0.1) is 0 Å². The van der Waals surface area contributed by atoms with E-state index in [1.807, 2.05) is 4.90 Å². The van der Waals surface area contributed by atoms with Gasteiger partial charge in [0, 0.05) is 51.4 Å². The number of likely N-dealkylation sites (tertiary alicyclic amines) is 1. The van der Waals surface area contributed by atoms with Crippen molar-refractivity contribution in [3.63, 3.8) is 0 Å². The molecule has 1 spiro atoms. The molecule has 1 aromatic carbocycles. The number of nitriles is 1. The van der Waals surface area contributed by atoms with E-state index < -0.39 is 28.6 Å². The van der Waals surface area contributed by atoms with Crippen LogP contribution in [-0.4, -0.2) is 67.0 Å². The number of aromatic nitrogens is 1. The number of hydrogen-bond acceptors (Lipinski definition) is 6. The van der Waals surface area contributed by atoms with E-state index in [1.165, 1.54) is 23.2 Å². The Kier molecular flexibility index (Phi) is 6.25. The first kappa shape index (κ1) is 24.6. The standard InChI is InChI=1S/C24H26F3N5O3/c1-15-18(12-29-35-15)21(33)32-13-20(22(34)30(2)3)23(14-32)6-8-31(9-7-23)17-5-4-16(11-28)19(10-17)24(25,26)27/h4-5,10,12,20H,6-9,13-14H2,1-3H3. The molecule has 0 radical (unpaired) electrons. The monoisotopic (exact) mass is 489 g/mol. The van der Waals surface area contributed by atoms with Crippen molar-refractivity contribution in [2.24, 2.45) is 11.3 Å². The van der Waals surface area contributed by atoms with Crippen LogP contribution in [0.1, 0.15) is 40.1 Å². The predicted octanol–water partition coefficient (Wildman–Crippen LogP) is 3.32. The summed E-state index contributed by atoms with van der Waals surface area (Å²) in [7, 11) is 3.35. The molecule has 2 saturated heterocycles. The summed E-state index contributed by atoms with van der Waals surface area (Å²) in [5, 5.41) is 12.7. The molecular formula is C24H26F3N5O3. The van der Waals surface area contributed by atoms with Crippen LogP contribution in [0.5, 0.6) is 0 Å². The summed E-state index contributed by atoms with van der Waals surface area (Å²) in [6.45, 7) is 3.13. The molecule has 1 aromatic heterocycles. The quantitative estimate of drug-likeness (QED) is 0.657. The molecule has 2 aliphatic rings. The molecule has 2 amide bonds. The molecule has 35 heavy (non-hydrogen) atoms. The highest BCUT2D eigenvalue weighted by Gasteiger charge is 2.53. The van der Waals surface area contributed by atoms with Gasteiger partial charge in [-0.05, 0) is 38.0 Å². The van der Waals surface area contributed by atoms with Crippen LogP contribution >= 0.6 is 0 Å². The zero-order chi connectivity index (χ0) is 25.5. The number of hydrogen-bond donors (Lipinski definition) is 0. The highest BCUT2D eigenvalue weighted by Crippen LogP contribution is 2.47. The fourth-order valence-corrected chi connectivity index (χ4v) is 5.23. The number of carbonyl (C=O) groups is 2. The number of halogens is 3. The van der Waals surface area contributed by atoms with Gasteiger partial charge in [-0.3, -0.25) is 9.59 Å². The molecule has 11 heteroatoms. The second kappa shape index (κ2) is 8.91. The average molecular weight is 489 g/mol. The van der Waals surface area contributed by atoms with Crippen LogP contribution in [0.3, 0.4) is 0 Å². The van der Waals surface area contributed by atoms with E-state index >= 15 is 0 Å². The molecule has 0 bridgehead atoms. The lowest BCUT2D eigenvalue weighted by Gasteiger charge is -2.43. The minimum absolute atomic E-state index is 0.0754. The predicted molar refractivity (Wildman–Crippen MR) is 119 cm³/mol. The van der Waals surface area contributed by atoms with E-state index in [0.29, 0.717) is 49.5 Å². The maximum Gasteiger partial charge on any atom is 0.417 e. The lowest BCUT2D eigenvalue weighted by molar-refractivity contribution is -0.138. The highest BCUT2D eigenvalue weighted by molar-refractivity contribution is 5.95. The average Bonchev–Trinajstić information content (AvgIpc) is 3.41. The third-order valence-corrected chi connectivity index (χ3v) is 7.21. The van der Waals surface area contributed by atoms with Gasteiger partial charge in [0.05, 0.1) is 29.3 Å². The summed E-state index contributed by atoms with van der Waals surface area (Å²) in [4.78, 5) is 31.3. The second-order valence-corrected chi connectivity index (χ2v) is 9.46. The number of piperidine rings is 1. The third-order valence-electron chi connectivity index (χ3n) is 7.21. The van der Waals surface area contributed by atoms with Crippen LogP contribution in [-0.2, 0) is 11.0 Å². The minimum Gasteiger partial charge on any atom is -0.371 e. The van der Waals surface area contributed by atoms with Gasteiger partial charge >= 0.3 is 6.18 Å². The normalized spacial score (nSPS) is 19.6. The van der Waals surface area contributed by atoms with Crippen LogP contribution in [0.15, 0.2) is 28.9 Å². The van der Waals surface area contributed by atoms with E-state index in [9.17, 15) is 22.8 Å². The number of rotatable bonds is 3. The van der Waals surface area contributed by atoms with Crippen molar-refractivity contribution < 1.29 is 27.3 Å². The van der Waals surface area contributed by atoms with Crippen LogP contribution in [0.4, 0.5) is 18.9 Å². The zero-order valence-corrected chi connectivity index (χ0v) is 19.7. The Morgan fingerprint density at radius 1 is 1.26 bits per heavy atom. The molecular weight excluding hydrogens is 463 g/mol. The Hall–Kier alpha value is -3.55. The van der Waals surface area contributed by atoms with E-state index in [1.54, 1.807) is 32.0 Å². The van der Waals surface area contributed by atoms with Crippen LogP contribution in [0.2, 0.25) is 0 Å². The van der Waals surface area contributed by atoms with Crippen LogP contribution in [0.25, 0.3) is 0 Å². The highest BCUT2D eigenvalue weighted by atomic mass is 19.4. The summed E-state index contributed by atoms with van der Waals surface area (Å²) in [5.74, 6) is -0.340. The number of nitrogens with zero attached hydrogens (tertiary/aromatic N) is 5. The molecule has 0 saturated carbocycles. The Morgan fingerprint density at radius 2 is 1.94 bits per heavy atom. The SMILES string of the molecule is Cc1oncc1C(=O)N1CC(C(=O)N(C)C)C2(CCN(c3ccc(C#N)c(C(F)(F)F)c3)CC2)C1. The first-order chi connectivity index (χ1) is 16.5. The van der Waals surface area contributed by atoms with Gasteiger partial charge in [0.1, 0.15) is 11.3 Å². The summed E-state index contributed by atoms with van der Waals surface area (Å²) in [5.41, 5.74) is -1.13. The number of alkyl halides is 3. The van der Waals surface area contributed by atoms with E-state index in [-0.39, 0.29) is 18.4 Å². The molecule has 0 N–H and O–H groups in total. The fourth-order valence-electron chi connectivity index (χ4n) is 5.23. The second-order valence-electron chi connectivity index (χ2n) is 9.46. The van der Waals surface area contributed by atoms with E-state index in [2.05, 4.69) is 5.16 Å². The van der Waals surface area contributed by atoms with Gasteiger partial charge in [0.15, 0.2) is 0 Å². The number of anilines is 1.